The second-order valence-electron chi connectivity index (χ2n) is 6.32. The zero-order valence-electron chi connectivity index (χ0n) is 17.7. The first-order valence-corrected chi connectivity index (χ1v) is 11.0. The number of nitrogens with zero attached hydrogens (tertiary/aromatic N) is 1. The van der Waals surface area contributed by atoms with Gasteiger partial charge in [-0.2, -0.15) is 0 Å². The highest BCUT2D eigenvalue weighted by atomic mass is 32.2. The van der Waals surface area contributed by atoms with E-state index in [4.69, 9.17) is 24.7 Å². The van der Waals surface area contributed by atoms with Crippen molar-refractivity contribution in [3.8, 4) is 0 Å². The Kier molecular flexibility index (Phi) is 18.8. The molecular weight excluding hydrogens is 384 g/mol. The van der Waals surface area contributed by atoms with Crippen LogP contribution >= 0.6 is 11.8 Å². The van der Waals surface area contributed by atoms with E-state index >= 15 is 0 Å². The summed E-state index contributed by atoms with van der Waals surface area (Å²) in [6.45, 7) is 5.30. The van der Waals surface area contributed by atoms with Gasteiger partial charge >= 0.3 is 11.9 Å². The molecule has 0 aliphatic carbocycles. The van der Waals surface area contributed by atoms with Crippen LogP contribution in [0.3, 0.4) is 0 Å². The summed E-state index contributed by atoms with van der Waals surface area (Å²) >= 11 is 1.76. The van der Waals surface area contributed by atoms with E-state index in [9.17, 15) is 9.59 Å². The molecule has 0 heterocycles. The lowest BCUT2D eigenvalue weighted by Crippen LogP contribution is -2.31. The van der Waals surface area contributed by atoms with Gasteiger partial charge in [-0.15, -0.1) is 11.8 Å². The lowest BCUT2D eigenvalue weighted by atomic mass is 10.3. The van der Waals surface area contributed by atoms with E-state index < -0.39 is 0 Å². The Labute approximate surface area is 173 Å². The lowest BCUT2D eigenvalue weighted by Gasteiger charge is -2.22. The Hall–Kier alpha value is -0.870. The van der Waals surface area contributed by atoms with Crippen molar-refractivity contribution in [2.45, 2.75) is 44.4 Å². The summed E-state index contributed by atoms with van der Waals surface area (Å²) in [6, 6.07) is 0. The van der Waals surface area contributed by atoms with E-state index in [1.807, 2.05) is 0 Å². The molecule has 0 saturated carbocycles. The molecule has 0 amide bonds. The molecule has 9 heteroatoms. The molecule has 8 nitrogen and oxygen atoms in total. The molecule has 0 aliphatic heterocycles. The van der Waals surface area contributed by atoms with Crippen molar-refractivity contribution < 1.29 is 28.5 Å². The lowest BCUT2D eigenvalue weighted by molar-refractivity contribution is -0.145. The number of thioether (sulfide) groups is 1. The monoisotopic (exact) mass is 422 g/mol. The van der Waals surface area contributed by atoms with Gasteiger partial charge in [0.2, 0.25) is 0 Å². The number of carbonyl (C=O) groups excluding carboxylic acids is 2. The number of hydrogen-bond donors (Lipinski definition) is 1. The van der Waals surface area contributed by atoms with Crippen molar-refractivity contribution in [1.82, 2.24) is 4.90 Å². The van der Waals surface area contributed by atoms with Crippen LogP contribution in [-0.4, -0.2) is 88.2 Å². The van der Waals surface area contributed by atoms with Gasteiger partial charge in [0.05, 0.1) is 31.4 Å². The van der Waals surface area contributed by atoms with Gasteiger partial charge in [-0.25, -0.2) is 0 Å². The van der Waals surface area contributed by atoms with Crippen LogP contribution in [0.5, 0.6) is 0 Å². The predicted molar refractivity (Wildman–Crippen MR) is 111 cm³/mol. The van der Waals surface area contributed by atoms with Crippen LogP contribution in [-0.2, 0) is 28.5 Å². The van der Waals surface area contributed by atoms with Gasteiger partial charge in [-0.3, -0.25) is 9.59 Å². The number of nitrogens with two attached hydrogens (primary N) is 1. The van der Waals surface area contributed by atoms with Crippen molar-refractivity contribution >= 4 is 23.7 Å². The van der Waals surface area contributed by atoms with Crippen molar-refractivity contribution in [1.29, 1.82) is 0 Å². The zero-order valence-corrected chi connectivity index (χ0v) is 18.5. The molecule has 166 valence electrons. The summed E-state index contributed by atoms with van der Waals surface area (Å²) in [5.41, 5.74) is 6.02. The maximum Gasteiger partial charge on any atom is 0.307 e. The van der Waals surface area contributed by atoms with Crippen LogP contribution in [0, 0.1) is 0 Å². The molecular formula is C19H38N2O6S. The molecule has 0 saturated heterocycles. The summed E-state index contributed by atoms with van der Waals surface area (Å²) in [6.07, 6.45) is 3.60. The standard InChI is InChI=1S/C19H38N2O6S/c1-4-6-17(20)28-16-5-9-21(10-7-18(22)26-14-12-24-2)11-8-19(23)27-15-13-25-3/h17H,4-16,20H2,1-3H3. The number of hydrogen-bond acceptors (Lipinski definition) is 9. The topological polar surface area (TPSA) is 100 Å². The summed E-state index contributed by atoms with van der Waals surface area (Å²) in [7, 11) is 3.12. The minimum absolute atomic E-state index is 0.171. The largest absolute Gasteiger partial charge is 0.463 e. The molecule has 28 heavy (non-hydrogen) atoms. The van der Waals surface area contributed by atoms with Crippen LogP contribution < -0.4 is 5.73 Å². The first-order chi connectivity index (χ1) is 13.5. The normalized spacial score (nSPS) is 12.2. The van der Waals surface area contributed by atoms with Crippen molar-refractivity contribution in [2.24, 2.45) is 5.73 Å². The Morgan fingerprint density at radius 2 is 1.46 bits per heavy atom. The van der Waals surface area contributed by atoms with Crippen LogP contribution in [0.25, 0.3) is 0 Å². The second kappa shape index (κ2) is 19.4. The quantitative estimate of drug-likeness (QED) is 0.189. The number of esters is 2. The molecule has 0 rings (SSSR count). The van der Waals surface area contributed by atoms with E-state index in [1.165, 1.54) is 0 Å². The predicted octanol–water partition coefficient (Wildman–Crippen LogP) is 1.66. The Morgan fingerprint density at radius 3 is 1.93 bits per heavy atom. The summed E-state index contributed by atoms with van der Waals surface area (Å²) in [4.78, 5) is 25.7. The average Bonchev–Trinajstić information content (AvgIpc) is 2.67. The Balaban J connectivity index is 4.24. The first kappa shape index (κ1) is 27.1. The van der Waals surface area contributed by atoms with Crippen LogP contribution in [0.2, 0.25) is 0 Å². The van der Waals surface area contributed by atoms with Gasteiger partial charge in [0.25, 0.3) is 0 Å². The van der Waals surface area contributed by atoms with Gasteiger partial charge < -0.3 is 29.6 Å². The number of carbonyl (C=O) groups is 2. The second-order valence-corrected chi connectivity index (χ2v) is 7.67. The number of ether oxygens (including phenoxy) is 4. The Bertz CT molecular complexity index is 375. The molecule has 1 atom stereocenters. The van der Waals surface area contributed by atoms with E-state index in [1.54, 1.807) is 26.0 Å². The van der Waals surface area contributed by atoms with Crippen molar-refractivity contribution in [2.75, 3.05) is 66.0 Å². The van der Waals surface area contributed by atoms with E-state index in [0.29, 0.717) is 26.3 Å². The van der Waals surface area contributed by atoms with Crippen molar-refractivity contribution in [3.05, 3.63) is 0 Å². The molecule has 0 aromatic carbocycles. The zero-order chi connectivity index (χ0) is 21.0. The van der Waals surface area contributed by atoms with Crippen LogP contribution in [0.1, 0.15) is 39.0 Å². The molecule has 0 aromatic heterocycles. The molecule has 0 aromatic rings. The fourth-order valence-electron chi connectivity index (χ4n) is 2.35. The molecule has 0 aliphatic rings. The molecule has 2 N–H and O–H groups in total. The van der Waals surface area contributed by atoms with E-state index in [-0.39, 0.29) is 43.4 Å². The van der Waals surface area contributed by atoms with E-state index in [2.05, 4.69) is 11.8 Å². The minimum Gasteiger partial charge on any atom is -0.463 e. The molecule has 0 fully saturated rings. The fraction of sp³-hybridized carbons (Fsp3) is 0.895. The first-order valence-electron chi connectivity index (χ1n) is 9.92. The Morgan fingerprint density at radius 1 is 0.929 bits per heavy atom. The summed E-state index contributed by atoms with van der Waals surface area (Å²) in [5, 5.41) is 0.171. The van der Waals surface area contributed by atoms with Gasteiger partial charge in [0, 0.05) is 27.3 Å². The molecule has 0 radical (unpaired) electrons. The molecule has 1 unspecified atom stereocenters. The fourth-order valence-corrected chi connectivity index (χ4v) is 3.35. The maximum absolute atomic E-state index is 11.8. The highest BCUT2D eigenvalue weighted by Crippen LogP contribution is 2.12. The smallest absolute Gasteiger partial charge is 0.307 e. The third kappa shape index (κ3) is 17.2. The third-order valence-corrected chi connectivity index (χ3v) is 5.08. The maximum atomic E-state index is 11.8. The molecule has 0 bridgehead atoms. The van der Waals surface area contributed by atoms with Gasteiger partial charge in [0.1, 0.15) is 13.2 Å². The van der Waals surface area contributed by atoms with Gasteiger partial charge in [-0.05, 0) is 25.1 Å². The third-order valence-electron chi connectivity index (χ3n) is 3.89. The van der Waals surface area contributed by atoms with Crippen molar-refractivity contribution in [3.63, 3.8) is 0 Å². The van der Waals surface area contributed by atoms with Crippen LogP contribution in [0.4, 0.5) is 0 Å². The highest BCUT2D eigenvalue weighted by Gasteiger charge is 2.12. The summed E-state index contributed by atoms with van der Waals surface area (Å²) < 4.78 is 19.9. The number of rotatable bonds is 19. The molecule has 0 spiro atoms. The van der Waals surface area contributed by atoms with Crippen LogP contribution in [0.15, 0.2) is 0 Å². The summed E-state index contributed by atoms with van der Waals surface area (Å²) in [5.74, 6) is 0.432. The number of methoxy groups -OCH3 is 2. The van der Waals surface area contributed by atoms with Gasteiger partial charge in [0.15, 0.2) is 0 Å². The van der Waals surface area contributed by atoms with E-state index in [0.717, 1.165) is 31.6 Å². The average molecular weight is 423 g/mol. The highest BCUT2D eigenvalue weighted by molar-refractivity contribution is 7.99. The minimum atomic E-state index is -0.260. The van der Waals surface area contributed by atoms with Gasteiger partial charge in [-0.1, -0.05) is 13.3 Å². The SMILES string of the molecule is CCCC(N)SCCCN(CCC(=O)OCCOC)CCC(=O)OCCOC.